The van der Waals surface area contributed by atoms with E-state index in [0.717, 1.165) is 23.8 Å². The monoisotopic (exact) mass is 331 g/mol. The number of hydrogen-bond donors (Lipinski definition) is 1. The lowest BCUT2D eigenvalue weighted by Gasteiger charge is -2.28. The molecule has 1 fully saturated rings. The molecular weight excluding hydrogens is 314 g/mol. The number of alkyl halides is 1. The third-order valence-electron chi connectivity index (χ3n) is 4.01. The lowest BCUT2D eigenvalue weighted by molar-refractivity contribution is 0.0930. The number of benzene rings is 2. The van der Waals surface area contributed by atoms with Gasteiger partial charge in [0.2, 0.25) is 0 Å². The highest BCUT2D eigenvalue weighted by atomic mass is 79.9. The summed E-state index contributed by atoms with van der Waals surface area (Å²) in [6.07, 6.45) is 4.65. The summed E-state index contributed by atoms with van der Waals surface area (Å²) in [5.41, 5.74) is 0.744. The molecule has 2 unspecified atom stereocenters. The van der Waals surface area contributed by atoms with Crippen molar-refractivity contribution < 1.29 is 4.79 Å². The fraction of sp³-hybridized carbons (Fsp3) is 0.353. The molecule has 3 rings (SSSR count). The summed E-state index contributed by atoms with van der Waals surface area (Å²) in [5.74, 6) is 0.0344. The van der Waals surface area contributed by atoms with Crippen LogP contribution in [0.4, 0.5) is 0 Å². The molecule has 3 heteroatoms. The molecule has 0 heterocycles. The maximum absolute atomic E-state index is 12.4. The molecule has 0 aliphatic heterocycles. The van der Waals surface area contributed by atoms with Crippen LogP contribution >= 0.6 is 15.9 Å². The molecule has 1 aliphatic carbocycles. The Hall–Kier alpha value is -1.35. The highest BCUT2D eigenvalue weighted by molar-refractivity contribution is 9.09. The van der Waals surface area contributed by atoms with Crippen LogP contribution in [0.3, 0.4) is 0 Å². The van der Waals surface area contributed by atoms with Gasteiger partial charge in [0.15, 0.2) is 0 Å². The van der Waals surface area contributed by atoms with E-state index >= 15 is 0 Å². The predicted octanol–water partition coefficient (Wildman–Crippen LogP) is 4.28. The summed E-state index contributed by atoms with van der Waals surface area (Å²) in [7, 11) is 0. The molecule has 20 heavy (non-hydrogen) atoms. The van der Waals surface area contributed by atoms with E-state index in [0.29, 0.717) is 4.83 Å². The largest absolute Gasteiger partial charge is 0.348 e. The molecule has 2 nitrogen and oxygen atoms in total. The Morgan fingerprint density at radius 1 is 1.05 bits per heavy atom. The number of nitrogens with one attached hydrogen (secondary N) is 1. The van der Waals surface area contributed by atoms with E-state index in [4.69, 9.17) is 0 Å². The van der Waals surface area contributed by atoms with Gasteiger partial charge < -0.3 is 5.32 Å². The first-order valence-electron chi connectivity index (χ1n) is 7.18. The van der Waals surface area contributed by atoms with Crippen LogP contribution in [0.15, 0.2) is 42.5 Å². The molecule has 2 atom stereocenters. The second-order valence-corrected chi connectivity index (χ2v) is 6.62. The number of rotatable bonds is 2. The molecule has 1 amide bonds. The summed E-state index contributed by atoms with van der Waals surface area (Å²) in [5, 5.41) is 5.44. The Morgan fingerprint density at radius 3 is 2.60 bits per heavy atom. The smallest absolute Gasteiger partial charge is 0.251 e. The molecule has 1 aliphatic rings. The van der Waals surface area contributed by atoms with Crippen LogP contribution in [-0.2, 0) is 0 Å². The van der Waals surface area contributed by atoms with Crippen LogP contribution in [0.2, 0.25) is 0 Å². The van der Waals surface area contributed by atoms with Crippen LogP contribution in [-0.4, -0.2) is 16.8 Å². The van der Waals surface area contributed by atoms with Crippen molar-refractivity contribution in [3.63, 3.8) is 0 Å². The normalized spacial score (nSPS) is 22.6. The van der Waals surface area contributed by atoms with Gasteiger partial charge in [0.05, 0.1) is 0 Å². The number of carbonyl (C=O) groups is 1. The second-order valence-electron chi connectivity index (χ2n) is 5.44. The minimum atomic E-state index is 0.0344. The van der Waals surface area contributed by atoms with Gasteiger partial charge in [-0.2, -0.15) is 0 Å². The maximum Gasteiger partial charge on any atom is 0.251 e. The minimum Gasteiger partial charge on any atom is -0.348 e. The molecule has 104 valence electrons. The van der Waals surface area contributed by atoms with Gasteiger partial charge in [0, 0.05) is 16.4 Å². The van der Waals surface area contributed by atoms with Gasteiger partial charge in [0.1, 0.15) is 0 Å². The van der Waals surface area contributed by atoms with E-state index in [9.17, 15) is 4.79 Å². The highest BCUT2D eigenvalue weighted by Crippen LogP contribution is 2.25. The van der Waals surface area contributed by atoms with Crippen molar-refractivity contribution >= 4 is 32.6 Å². The SMILES string of the molecule is O=C(NC1CCCCC1Br)c1ccc2ccccc2c1. The average Bonchev–Trinajstić information content (AvgIpc) is 2.49. The molecular formula is C17H18BrNO. The van der Waals surface area contributed by atoms with Crippen LogP contribution in [0.1, 0.15) is 36.0 Å². The van der Waals surface area contributed by atoms with Crippen molar-refractivity contribution in [2.75, 3.05) is 0 Å². The third kappa shape index (κ3) is 2.88. The molecule has 0 radical (unpaired) electrons. The fourth-order valence-electron chi connectivity index (χ4n) is 2.83. The molecule has 0 saturated heterocycles. The Labute approximate surface area is 127 Å². The Morgan fingerprint density at radius 2 is 1.80 bits per heavy atom. The fourth-order valence-corrected chi connectivity index (χ4v) is 3.55. The summed E-state index contributed by atoms with van der Waals surface area (Å²) in [6, 6.07) is 14.3. The summed E-state index contributed by atoms with van der Waals surface area (Å²) < 4.78 is 0. The lowest BCUT2D eigenvalue weighted by Crippen LogP contribution is -2.42. The van der Waals surface area contributed by atoms with E-state index in [1.807, 2.05) is 36.4 Å². The second kappa shape index (κ2) is 5.96. The molecule has 2 aromatic carbocycles. The zero-order chi connectivity index (χ0) is 13.9. The minimum absolute atomic E-state index is 0.0344. The van der Waals surface area contributed by atoms with Gasteiger partial charge in [-0.1, -0.05) is 59.1 Å². The van der Waals surface area contributed by atoms with Crippen molar-refractivity contribution in [2.45, 2.75) is 36.6 Å². The van der Waals surface area contributed by atoms with Crippen molar-refractivity contribution in [1.29, 1.82) is 0 Å². The summed E-state index contributed by atoms with van der Waals surface area (Å²) in [4.78, 5) is 12.8. The number of halogens is 1. The van der Waals surface area contributed by atoms with Gasteiger partial charge in [-0.15, -0.1) is 0 Å². The number of hydrogen-bond acceptors (Lipinski definition) is 1. The van der Waals surface area contributed by atoms with Crippen molar-refractivity contribution in [2.24, 2.45) is 0 Å². The van der Waals surface area contributed by atoms with Crippen molar-refractivity contribution in [3.8, 4) is 0 Å². The molecule has 0 bridgehead atoms. The number of amides is 1. The summed E-state index contributed by atoms with van der Waals surface area (Å²) in [6.45, 7) is 0. The van der Waals surface area contributed by atoms with E-state index in [-0.39, 0.29) is 11.9 Å². The maximum atomic E-state index is 12.4. The molecule has 0 spiro atoms. The standard InChI is InChI=1S/C17H18BrNO/c18-15-7-3-4-8-16(15)19-17(20)14-10-9-12-5-1-2-6-13(12)11-14/h1-2,5-6,9-11,15-16H,3-4,7-8H2,(H,19,20). The molecule has 1 saturated carbocycles. The number of carbonyl (C=O) groups excluding carboxylic acids is 1. The lowest BCUT2D eigenvalue weighted by atomic mass is 9.95. The van der Waals surface area contributed by atoms with E-state index in [1.54, 1.807) is 0 Å². The van der Waals surface area contributed by atoms with Crippen LogP contribution < -0.4 is 5.32 Å². The van der Waals surface area contributed by atoms with Crippen LogP contribution in [0.25, 0.3) is 10.8 Å². The van der Waals surface area contributed by atoms with Crippen LogP contribution in [0.5, 0.6) is 0 Å². The van der Waals surface area contributed by atoms with E-state index in [2.05, 4.69) is 27.3 Å². The quantitative estimate of drug-likeness (QED) is 0.818. The molecule has 1 N–H and O–H groups in total. The van der Waals surface area contributed by atoms with E-state index < -0.39 is 0 Å². The topological polar surface area (TPSA) is 29.1 Å². The third-order valence-corrected chi connectivity index (χ3v) is 5.11. The van der Waals surface area contributed by atoms with Gasteiger partial charge in [-0.05, 0) is 35.7 Å². The Balaban J connectivity index is 1.78. The highest BCUT2D eigenvalue weighted by Gasteiger charge is 2.24. The Kier molecular flexibility index (Phi) is 4.06. The first-order chi connectivity index (χ1) is 9.74. The van der Waals surface area contributed by atoms with Gasteiger partial charge >= 0.3 is 0 Å². The number of fused-ring (bicyclic) bond motifs is 1. The van der Waals surface area contributed by atoms with Crippen molar-refractivity contribution in [1.82, 2.24) is 5.32 Å². The first-order valence-corrected chi connectivity index (χ1v) is 8.09. The van der Waals surface area contributed by atoms with Crippen molar-refractivity contribution in [3.05, 3.63) is 48.0 Å². The Bertz CT molecular complexity index is 625. The van der Waals surface area contributed by atoms with Crippen LogP contribution in [0, 0.1) is 0 Å². The predicted molar refractivity (Wildman–Crippen MR) is 86.4 cm³/mol. The van der Waals surface area contributed by atoms with Gasteiger partial charge in [0.25, 0.3) is 5.91 Å². The summed E-state index contributed by atoms with van der Waals surface area (Å²) >= 11 is 3.68. The van der Waals surface area contributed by atoms with Gasteiger partial charge in [-0.3, -0.25) is 4.79 Å². The zero-order valence-electron chi connectivity index (χ0n) is 11.3. The van der Waals surface area contributed by atoms with E-state index in [1.165, 1.54) is 18.2 Å². The van der Waals surface area contributed by atoms with Gasteiger partial charge in [-0.25, -0.2) is 0 Å². The molecule has 2 aromatic rings. The molecule has 0 aromatic heterocycles. The zero-order valence-corrected chi connectivity index (χ0v) is 12.9. The average molecular weight is 332 g/mol. The first kappa shape index (κ1) is 13.6.